The highest BCUT2D eigenvalue weighted by Crippen LogP contribution is 2.41. The van der Waals surface area contributed by atoms with Gasteiger partial charge in [0.2, 0.25) is 5.95 Å². The van der Waals surface area contributed by atoms with E-state index in [4.69, 9.17) is 29.4 Å². The van der Waals surface area contributed by atoms with Gasteiger partial charge in [-0.1, -0.05) is 77.9 Å². The Morgan fingerprint density at radius 2 is 0.657 bits per heavy atom. The molecule has 9 nitrogen and oxygen atoms in total. The van der Waals surface area contributed by atoms with Crippen LogP contribution in [0, 0.1) is 0 Å². The maximum absolute atomic E-state index is 6.75. The molecule has 0 aliphatic heterocycles. The molecule has 12 rings (SSSR count). The summed E-state index contributed by atoms with van der Waals surface area (Å²) < 4.78 is 20.1. The molecule has 6 heterocycles. The van der Waals surface area contributed by atoms with Crippen LogP contribution in [0.3, 0.4) is 0 Å². The first-order valence-corrected chi connectivity index (χ1v) is 22.7. The Balaban J connectivity index is 0.948. The standard InChI is InChI=1S/C58H47N7O2/c1-57(2,3)36-14-20-42-44-22-16-38(32-50(44)63(48(42)30-36)54-12-7-9-26-59-54)66-40-18-24-46-47-25-19-41(35-53(47)65(52(46)34-40)56-61-28-11-29-62-56)67-39-17-23-45-43-21-15-37(58(4,5)6)31-49(43)64(51(45)33-39)55-13-8-10-27-60-55/h7-35H,1-6H3. The Labute approximate surface area is 387 Å². The first-order valence-electron chi connectivity index (χ1n) is 22.7. The molecule has 9 heteroatoms. The zero-order valence-corrected chi connectivity index (χ0v) is 38.2. The number of rotatable bonds is 7. The summed E-state index contributed by atoms with van der Waals surface area (Å²) in [5.74, 6) is 5.05. The van der Waals surface area contributed by atoms with Crippen LogP contribution in [0.15, 0.2) is 176 Å². The first kappa shape index (κ1) is 40.2. The zero-order chi connectivity index (χ0) is 45.6. The van der Waals surface area contributed by atoms with Gasteiger partial charge in [-0.05, 0) is 113 Å². The molecule has 0 aliphatic rings. The first-order chi connectivity index (χ1) is 32.5. The number of benzene rings is 6. The number of aromatic nitrogens is 7. The fourth-order valence-electron chi connectivity index (χ4n) is 9.52. The van der Waals surface area contributed by atoms with Gasteiger partial charge in [-0.2, -0.15) is 0 Å². The summed E-state index contributed by atoms with van der Waals surface area (Å²) in [7, 11) is 0. The van der Waals surface area contributed by atoms with E-state index in [1.807, 2.05) is 67.0 Å². The van der Waals surface area contributed by atoms with Gasteiger partial charge in [0, 0.05) is 81.4 Å². The second kappa shape index (κ2) is 15.1. The van der Waals surface area contributed by atoms with E-state index < -0.39 is 0 Å². The molecule has 6 aromatic heterocycles. The van der Waals surface area contributed by atoms with E-state index >= 15 is 0 Å². The minimum absolute atomic E-state index is 0.00925. The van der Waals surface area contributed by atoms with Gasteiger partial charge in [0.1, 0.15) is 34.6 Å². The summed E-state index contributed by atoms with van der Waals surface area (Å²) in [4.78, 5) is 19.0. The van der Waals surface area contributed by atoms with Crippen LogP contribution >= 0.6 is 0 Å². The third kappa shape index (κ3) is 6.85. The van der Waals surface area contributed by atoms with Crippen LogP contribution in [0.4, 0.5) is 0 Å². The summed E-state index contributed by atoms with van der Waals surface area (Å²) in [6, 6.07) is 52.4. The molecular formula is C58H47N7O2. The van der Waals surface area contributed by atoms with Crippen molar-refractivity contribution in [1.82, 2.24) is 33.6 Å². The van der Waals surface area contributed by atoms with Gasteiger partial charge in [0.05, 0.1) is 33.1 Å². The highest BCUT2D eigenvalue weighted by Gasteiger charge is 2.22. The lowest BCUT2D eigenvalue weighted by Crippen LogP contribution is -2.11. The van der Waals surface area contributed by atoms with Crippen molar-refractivity contribution in [2.24, 2.45) is 0 Å². The lowest BCUT2D eigenvalue weighted by atomic mass is 9.86. The van der Waals surface area contributed by atoms with Gasteiger partial charge in [-0.3, -0.25) is 13.7 Å². The van der Waals surface area contributed by atoms with Gasteiger partial charge in [0.15, 0.2) is 0 Å². The minimum Gasteiger partial charge on any atom is -0.457 e. The minimum atomic E-state index is -0.00925. The Kier molecular flexibility index (Phi) is 9.09. The van der Waals surface area contributed by atoms with Gasteiger partial charge >= 0.3 is 0 Å². The van der Waals surface area contributed by atoms with Crippen LogP contribution in [-0.2, 0) is 10.8 Å². The highest BCUT2D eigenvalue weighted by molar-refractivity contribution is 6.12. The maximum Gasteiger partial charge on any atom is 0.234 e. The van der Waals surface area contributed by atoms with E-state index in [1.165, 1.54) is 21.9 Å². The Morgan fingerprint density at radius 3 is 1.00 bits per heavy atom. The number of nitrogens with zero attached hydrogens (tertiary/aromatic N) is 7. The van der Waals surface area contributed by atoms with E-state index in [1.54, 1.807) is 12.4 Å². The second-order valence-corrected chi connectivity index (χ2v) is 19.3. The van der Waals surface area contributed by atoms with E-state index in [0.717, 1.165) is 66.3 Å². The van der Waals surface area contributed by atoms with Crippen molar-refractivity contribution >= 4 is 65.4 Å². The molecule has 0 fully saturated rings. The molecule has 0 bridgehead atoms. The normalized spacial score (nSPS) is 12.3. The Morgan fingerprint density at radius 1 is 0.328 bits per heavy atom. The zero-order valence-electron chi connectivity index (χ0n) is 38.2. The molecule has 0 atom stereocenters. The number of pyridine rings is 2. The molecule has 0 spiro atoms. The van der Waals surface area contributed by atoms with Crippen molar-refractivity contribution in [3.8, 4) is 40.6 Å². The van der Waals surface area contributed by atoms with Crippen LogP contribution in [0.25, 0.3) is 83.0 Å². The van der Waals surface area contributed by atoms with Crippen molar-refractivity contribution in [1.29, 1.82) is 0 Å². The SMILES string of the molecule is CC(C)(C)c1ccc2c3ccc(Oc4ccc5c6ccc(Oc7ccc8c9ccc(C(C)(C)C)cc9n(-c9ccccn9)c8c7)cc6n(-c6ncccn6)c5c4)cc3n(-c3ccccn3)c2c1. The largest absolute Gasteiger partial charge is 0.457 e. The summed E-state index contributed by atoms with van der Waals surface area (Å²) in [6.45, 7) is 13.5. The molecule has 6 aromatic carbocycles. The van der Waals surface area contributed by atoms with Crippen LogP contribution in [-0.4, -0.2) is 33.6 Å². The molecule has 0 aliphatic carbocycles. The Bertz CT molecular complexity index is 3640. The third-order valence-electron chi connectivity index (χ3n) is 12.9. The lowest BCUT2D eigenvalue weighted by molar-refractivity contribution is 0.484. The molecule has 326 valence electrons. The number of hydrogen-bond donors (Lipinski definition) is 0. The summed E-state index contributed by atoms with van der Waals surface area (Å²) >= 11 is 0. The van der Waals surface area contributed by atoms with Crippen molar-refractivity contribution in [3.05, 3.63) is 188 Å². The van der Waals surface area contributed by atoms with Gasteiger partial charge in [0.25, 0.3) is 0 Å². The van der Waals surface area contributed by atoms with Gasteiger partial charge < -0.3 is 9.47 Å². The van der Waals surface area contributed by atoms with E-state index in [9.17, 15) is 0 Å². The van der Waals surface area contributed by atoms with Gasteiger partial charge in [-0.25, -0.2) is 19.9 Å². The Hall–Kier alpha value is -8.30. The summed E-state index contributed by atoms with van der Waals surface area (Å²) in [5.41, 5.74) is 8.58. The highest BCUT2D eigenvalue weighted by atomic mass is 16.5. The van der Waals surface area contributed by atoms with Crippen molar-refractivity contribution in [2.45, 2.75) is 52.4 Å². The number of fused-ring (bicyclic) bond motifs is 9. The van der Waals surface area contributed by atoms with Crippen molar-refractivity contribution in [2.75, 3.05) is 0 Å². The number of hydrogen-bond acceptors (Lipinski definition) is 6. The second-order valence-electron chi connectivity index (χ2n) is 19.3. The average Bonchev–Trinajstić information content (AvgIpc) is 3.95. The third-order valence-corrected chi connectivity index (χ3v) is 12.9. The molecule has 0 N–H and O–H groups in total. The molecule has 0 amide bonds. The summed E-state index contributed by atoms with van der Waals surface area (Å²) in [5, 5.41) is 6.68. The molecule has 67 heavy (non-hydrogen) atoms. The lowest BCUT2D eigenvalue weighted by Gasteiger charge is -2.19. The van der Waals surface area contributed by atoms with Crippen molar-refractivity contribution < 1.29 is 9.47 Å². The fourth-order valence-corrected chi connectivity index (χ4v) is 9.52. The van der Waals surface area contributed by atoms with Gasteiger partial charge in [-0.15, -0.1) is 0 Å². The van der Waals surface area contributed by atoms with Crippen LogP contribution < -0.4 is 9.47 Å². The summed E-state index contributed by atoms with van der Waals surface area (Å²) in [6.07, 6.45) is 7.21. The van der Waals surface area contributed by atoms with E-state index in [0.29, 0.717) is 28.9 Å². The molecule has 12 aromatic rings. The van der Waals surface area contributed by atoms with E-state index in [2.05, 4.69) is 152 Å². The molecule has 0 saturated heterocycles. The molecule has 0 unspecified atom stereocenters. The molecule has 0 saturated carbocycles. The number of ether oxygens (including phenoxy) is 2. The van der Waals surface area contributed by atoms with Crippen molar-refractivity contribution in [3.63, 3.8) is 0 Å². The van der Waals surface area contributed by atoms with Crippen LogP contribution in [0.5, 0.6) is 23.0 Å². The topological polar surface area (TPSA) is 84.8 Å². The fraction of sp³-hybridized carbons (Fsp3) is 0.138. The quantitative estimate of drug-likeness (QED) is 0.159. The van der Waals surface area contributed by atoms with E-state index in [-0.39, 0.29) is 10.8 Å². The van der Waals surface area contributed by atoms with Crippen LogP contribution in [0.2, 0.25) is 0 Å². The smallest absolute Gasteiger partial charge is 0.234 e. The molecular weight excluding hydrogens is 827 g/mol. The molecule has 0 radical (unpaired) electrons. The average molecular weight is 874 g/mol. The maximum atomic E-state index is 6.75. The monoisotopic (exact) mass is 873 g/mol. The van der Waals surface area contributed by atoms with Crippen LogP contribution in [0.1, 0.15) is 52.7 Å². The predicted octanol–water partition coefficient (Wildman–Crippen LogP) is 14.7. The predicted molar refractivity (Wildman–Crippen MR) is 271 cm³/mol.